The van der Waals surface area contributed by atoms with Gasteiger partial charge in [0.05, 0.1) is 18.6 Å². The van der Waals surface area contributed by atoms with Crippen molar-refractivity contribution in [3.05, 3.63) is 48.0 Å². The molecule has 0 aliphatic heterocycles. The van der Waals surface area contributed by atoms with Crippen LogP contribution in [0.4, 0.5) is 4.79 Å². The van der Waals surface area contributed by atoms with Gasteiger partial charge in [-0.1, -0.05) is 49.4 Å². The van der Waals surface area contributed by atoms with Crippen molar-refractivity contribution in [1.29, 1.82) is 0 Å². The monoisotopic (exact) mass is 301 g/mol. The number of carbonyl (C=O) groups is 2. The van der Waals surface area contributed by atoms with E-state index in [4.69, 9.17) is 4.74 Å². The van der Waals surface area contributed by atoms with Gasteiger partial charge in [-0.15, -0.1) is 0 Å². The minimum Gasteiger partial charge on any atom is -0.453 e. The smallest absolute Gasteiger partial charge is 0.410 e. The van der Waals surface area contributed by atoms with E-state index >= 15 is 0 Å². The summed E-state index contributed by atoms with van der Waals surface area (Å²) in [5.74, 6) is 0. The molecule has 0 spiro atoms. The van der Waals surface area contributed by atoms with E-state index in [0.717, 1.165) is 24.7 Å². The number of ether oxygens (including phenoxy) is 1. The fourth-order valence-electron chi connectivity index (χ4n) is 3.10. The number of hydrogen-bond acceptors (Lipinski definition) is 3. The fourth-order valence-corrected chi connectivity index (χ4v) is 3.10. The van der Waals surface area contributed by atoms with Crippen LogP contribution in [0.3, 0.4) is 0 Å². The van der Waals surface area contributed by atoms with E-state index in [1.54, 1.807) is 4.90 Å². The second-order valence-corrected chi connectivity index (χ2v) is 5.70. The molecule has 1 aromatic rings. The molecule has 4 heteroatoms. The molecule has 0 heterocycles. The first-order valence-electron chi connectivity index (χ1n) is 7.68. The van der Waals surface area contributed by atoms with Crippen molar-refractivity contribution in [3.8, 4) is 0 Å². The summed E-state index contributed by atoms with van der Waals surface area (Å²) in [6.07, 6.45) is 6.96. The lowest BCUT2D eigenvalue weighted by atomic mass is 9.72. The number of amides is 1. The Labute approximate surface area is 131 Å². The van der Waals surface area contributed by atoms with E-state index in [2.05, 4.69) is 0 Å². The van der Waals surface area contributed by atoms with Gasteiger partial charge in [0.1, 0.15) is 6.29 Å². The molecule has 1 aliphatic rings. The van der Waals surface area contributed by atoms with Gasteiger partial charge in [-0.05, 0) is 24.8 Å². The van der Waals surface area contributed by atoms with Crippen LogP contribution in [0.5, 0.6) is 0 Å². The number of allylic oxidation sites excluding steroid dienone is 1. The Balaban J connectivity index is 2.35. The average molecular weight is 301 g/mol. The van der Waals surface area contributed by atoms with Gasteiger partial charge in [-0.25, -0.2) is 4.79 Å². The van der Waals surface area contributed by atoms with Crippen molar-refractivity contribution in [2.75, 3.05) is 7.11 Å². The van der Waals surface area contributed by atoms with Crippen LogP contribution in [0.1, 0.15) is 31.7 Å². The van der Waals surface area contributed by atoms with Gasteiger partial charge in [-0.2, -0.15) is 0 Å². The highest BCUT2D eigenvalue weighted by Gasteiger charge is 2.42. The molecule has 0 N–H and O–H groups in total. The predicted molar refractivity (Wildman–Crippen MR) is 85.3 cm³/mol. The summed E-state index contributed by atoms with van der Waals surface area (Å²) in [6.45, 7) is 2.43. The molecule has 0 aromatic heterocycles. The lowest BCUT2D eigenvalue weighted by Gasteiger charge is -2.42. The molecule has 1 aliphatic carbocycles. The Hall–Kier alpha value is -2.10. The average Bonchev–Trinajstić information content (AvgIpc) is 2.60. The number of methoxy groups -OCH3 is 1. The number of carbonyl (C=O) groups excluding carboxylic acids is 2. The number of nitrogens with zero attached hydrogens (tertiary/aromatic N) is 1. The van der Waals surface area contributed by atoms with Gasteiger partial charge in [0, 0.05) is 6.54 Å². The van der Waals surface area contributed by atoms with E-state index in [-0.39, 0.29) is 6.04 Å². The summed E-state index contributed by atoms with van der Waals surface area (Å²) in [7, 11) is 1.38. The van der Waals surface area contributed by atoms with Gasteiger partial charge >= 0.3 is 6.09 Å². The van der Waals surface area contributed by atoms with Crippen molar-refractivity contribution in [2.24, 2.45) is 5.41 Å². The first kappa shape index (κ1) is 16.3. The molecule has 4 nitrogen and oxygen atoms in total. The van der Waals surface area contributed by atoms with E-state index in [9.17, 15) is 9.59 Å². The summed E-state index contributed by atoms with van der Waals surface area (Å²) in [4.78, 5) is 25.7. The van der Waals surface area contributed by atoms with E-state index in [1.165, 1.54) is 7.11 Å². The summed E-state index contributed by atoms with van der Waals surface area (Å²) in [5.41, 5.74) is 0.486. The Bertz CT molecular complexity index is 541. The van der Waals surface area contributed by atoms with Gasteiger partial charge < -0.3 is 9.53 Å². The third-order valence-corrected chi connectivity index (χ3v) is 4.52. The number of rotatable bonds is 5. The normalized spacial score (nSPS) is 23.8. The molecule has 1 aromatic carbocycles. The molecule has 0 radical (unpaired) electrons. The third kappa shape index (κ3) is 3.21. The Kier molecular flexibility index (Phi) is 5.36. The second-order valence-electron chi connectivity index (χ2n) is 5.70. The molecular formula is C18H23NO3. The minimum absolute atomic E-state index is 0.267. The second kappa shape index (κ2) is 7.25. The summed E-state index contributed by atoms with van der Waals surface area (Å²) >= 11 is 0. The highest BCUT2D eigenvalue weighted by Crippen LogP contribution is 2.38. The maximum Gasteiger partial charge on any atom is 0.410 e. The summed E-state index contributed by atoms with van der Waals surface area (Å²) in [6, 6.07) is 9.49. The van der Waals surface area contributed by atoms with Crippen LogP contribution in [0.15, 0.2) is 42.5 Å². The standard InChI is InChI=1S/C18H23NO3/c1-3-18(14-20)12-8-7-11-16(18)19(17(21)22-2)13-15-9-5-4-6-10-15/h4-7,9-11,14,16H,3,8,12-13H2,1-2H3/t16?,18-/m0/s1. The Morgan fingerprint density at radius 2 is 2.14 bits per heavy atom. The summed E-state index contributed by atoms with van der Waals surface area (Å²) < 4.78 is 4.96. The largest absolute Gasteiger partial charge is 0.453 e. The van der Waals surface area contributed by atoms with Gasteiger partial charge in [0.25, 0.3) is 0 Å². The maximum absolute atomic E-state index is 12.3. The molecule has 0 saturated carbocycles. The zero-order valence-corrected chi connectivity index (χ0v) is 13.2. The Morgan fingerprint density at radius 1 is 1.41 bits per heavy atom. The molecule has 22 heavy (non-hydrogen) atoms. The van der Waals surface area contributed by atoms with Crippen LogP contribution in [0.2, 0.25) is 0 Å². The van der Waals surface area contributed by atoms with Gasteiger partial charge in [0.2, 0.25) is 0 Å². The molecule has 1 amide bonds. The first-order chi connectivity index (χ1) is 10.7. The van der Waals surface area contributed by atoms with Crippen molar-refractivity contribution >= 4 is 12.4 Å². The molecule has 0 bridgehead atoms. The molecule has 0 fully saturated rings. The van der Waals surface area contributed by atoms with Crippen LogP contribution >= 0.6 is 0 Å². The molecule has 2 atom stereocenters. The van der Waals surface area contributed by atoms with Gasteiger partial charge in [-0.3, -0.25) is 4.90 Å². The molecule has 2 rings (SSSR count). The molecular weight excluding hydrogens is 278 g/mol. The van der Waals surface area contributed by atoms with Crippen molar-refractivity contribution < 1.29 is 14.3 Å². The highest BCUT2D eigenvalue weighted by atomic mass is 16.5. The number of aldehydes is 1. The van der Waals surface area contributed by atoms with E-state index in [0.29, 0.717) is 13.0 Å². The van der Waals surface area contributed by atoms with Gasteiger partial charge in [0.15, 0.2) is 0 Å². The van der Waals surface area contributed by atoms with Crippen molar-refractivity contribution in [2.45, 2.75) is 38.8 Å². The minimum atomic E-state index is -0.530. The van der Waals surface area contributed by atoms with Crippen molar-refractivity contribution in [3.63, 3.8) is 0 Å². The summed E-state index contributed by atoms with van der Waals surface area (Å²) in [5, 5.41) is 0. The Morgan fingerprint density at radius 3 is 2.73 bits per heavy atom. The fraction of sp³-hybridized carbons (Fsp3) is 0.444. The predicted octanol–water partition coefficient (Wildman–Crippen LogP) is 3.57. The van der Waals surface area contributed by atoms with Crippen LogP contribution in [-0.2, 0) is 16.1 Å². The van der Waals surface area contributed by atoms with Crippen LogP contribution in [0.25, 0.3) is 0 Å². The maximum atomic E-state index is 12.3. The zero-order chi connectivity index (χ0) is 16.0. The van der Waals surface area contributed by atoms with Crippen LogP contribution in [-0.4, -0.2) is 30.4 Å². The topological polar surface area (TPSA) is 46.6 Å². The zero-order valence-electron chi connectivity index (χ0n) is 13.2. The van der Waals surface area contributed by atoms with Crippen LogP contribution < -0.4 is 0 Å². The number of benzene rings is 1. The van der Waals surface area contributed by atoms with E-state index < -0.39 is 11.5 Å². The van der Waals surface area contributed by atoms with E-state index in [1.807, 2.05) is 49.4 Å². The highest BCUT2D eigenvalue weighted by molar-refractivity contribution is 5.71. The lowest BCUT2D eigenvalue weighted by molar-refractivity contribution is -0.119. The lowest BCUT2D eigenvalue weighted by Crippen LogP contribution is -2.51. The molecule has 1 unspecified atom stereocenters. The first-order valence-corrected chi connectivity index (χ1v) is 7.68. The molecule has 118 valence electrons. The molecule has 0 saturated heterocycles. The third-order valence-electron chi connectivity index (χ3n) is 4.52. The van der Waals surface area contributed by atoms with Crippen molar-refractivity contribution in [1.82, 2.24) is 4.90 Å². The number of hydrogen-bond donors (Lipinski definition) is 0. The van der Waals surface area contributed by atoms with Crippen LogP contribution in [0, 0.1) is 5.41 Å². The SMILES string of the molecule is CC[C@@]1(C=O)CCC=CC1N(Cc1ccccc1)C(=O)OC. The quantitative estimate of drug-likeness (QED) is 0.617.